The number of halogens is 3. The number of ketones is 1. The van der Waals surface area contributed by atoms with Gasteiger partial charge in [-0.15, -0.1) is 0 Å². The highest BCUT2D eigenvalue weighted by atomic mass is 79.9. The van der Waals surface area contributed by atoms with Crippen LogP contribution >= 0.6 is 27.5 Å². The first-order chi connectivity index (χ1) is 9.97. The van der Waals surface area contributed by atoms with Gasteiger partial charge in [-0.05, 0) is 46.3 Å². The fourth-order valence-corrected chi connectivity index (χ4v) is 2.31. The van der Waals surface area contributed by atoms with Crippen LogP contribution in [0.15, 0.2) is 34.8 Å². The Hall–Kier alpha value is -1.59. The summed E-state index contributed by atoms with van der Waals surface area (Å²) in [6.45, 7) is 0. The Bertz CT molecular complexity index is 704. The van der Waals surface area contributed by atoms with Crippen LogP contribution in [-0.2, 0) is 0 Å². The monoisotopic (exact) mass is 372 g/mol. The average Bonchev–Trinajstić information content (AvgIpc) is 2.49. The van der Waals surface area contributed by atoms with Gasteiger partial charge in [0, 0.05) is 4.47 Å². The van der Waals surface area contributed by atoms with Gasteiger partial charge in [0.2, 0.25) is 0 Å². The van der Waals surface area contributed by atoms with Gasteiger partial charge in [-0.3, -0.25) is 4.79 Å². The maximum absolute atomic E-state index is 14.0. The predicted octanol–water partition coefficient (Wildman–Crippen LogP) is 4.49. The van der Waals surface area contributed by atoms with Crippen molar-refractivity contribution in [3.05, 3.63) is 56.8 Å². The van der Waals surface area contributed by atoms with Crippen LogP contribution in [0.4, 0.5) is 4.39 Å². The van der Waals surface area contributed by atoms with Crippen molar-refractivity contribution in [3.8, 4) is 11.5 Å². The third-order valence-corrected chi connectivity index (χ3v) is 4.10. The van der Waals surface area contributed by atoms with E-state index in [-0.39, 0.29) is 16.1 Å². The van der Waals surface area contributed by atoms with E-state index >= 15 is 0 Å². The molecule has 0 aliphatic rings. The molecule has 0 spiro atoms. The Morgan fingerprint density at radius 1 is 1.14 bits per heavy atom. The van der Waals surface area contributed by atoms with E-state index in [9.17, 15) is 9.18 Å². The standard InChI is InChI=1S/C15H11BrClFO3/c1-20-8-3-4-14(21-2)10(5-8)15(19)9-6-12(17)11(16)7-13(9)18/h3-7H,1-2H3. The molecule has 0 aromatic heterocycles. The van der Waals surface area contributed by atoms with Crippen molar-refractivity contribution in [1.29, 1.82) is 0 Å². The largest absolute Gasteiger partial charge is 0.497 e. The number of ether oxygens (including phenoxy) is 2. The van der Waals surface area contributed by atoms with E-state index in [0.29, 0.717) is 16.0 Å². The van der Waals surface area contributed by atoms with Gasteiger partial charge in [-0.2, -0.15) is 0 Å². The van der Waals surface area contributed by atoms with Crippen molar-refractivity contribution in [2.75, 3.05) is 14.2 Å². The third kappa shape index (κ3) is 3.19. The number of rotatable bonds is 4. The Kier molecular flexibility index (Phi) is 4.85. The lowest BCUT2D eigenvalue weighted by Gasteiger charge is -2.11. The molecule has 0 radical (unpaired) electrons. The normalized spacial score (nSPS) is 10.3. The van der Waals surface area contributed by atoms with Crippen LogP contribution in [0.1, 0.15) is 15.9 Å². The van der Waals surface area contributed by atoms with Crippen molar-refractivity contribution in [2.45, 2.75) is 0 Å². The number of hydrogen-bond acceptors (Lipinski definition) is 3. The van der Waals surface area contributed by atoms with E-state index < -0.39 is 11.6 Å². The zero-order chi connectivity index (χ0) is 15.6. The lowest BCUT2D eigenvalue weighted by molar-refractivity contribution is 0.103. The van der Waals surface area contributed by atoms with Gasteiger partial charge < -0.3 is 9.47 Å². The van der Waals surface area contributed by atoms with Crippen LogP contribution in [0, 0.1) is 5.82 Å². The lowest BCUT2D eigenvalue weighted by Crippen LogP contribution is -2.07. The van der Waals surface area contributed by atoms with Crippen molar-refractivity contribution in [3.63, 3.8) is 0 Å². The summed E-state index contributed by atoms with van der Waals surface area (Å²) in [5.41, 5.74) is 0.0730. The molecule has 0 saturated carbocycles. The molecule has 0 atom stereocenters. The second kappa shape index (κ2) is 6.45. The van der Waals surface area contributed by atoms with Crippen LogP contribution in [0.3, 0.4) is 0 Å². The second-order valence-corrected chi connectivity index (χ2v) is 5.40. The minimum absolute atomic E-state index is 0.130. The molecular formula is C15H11BrClFO3. The van der Waals surface area contributed by atoms with Crippen molar-refractivity contribution in [1.82, 2.24) is 0 Å². The van der Waals surface area contributed by atoms with Crippen LogP contribution in [0.2, 0.25) is 5.02 Å². The first-order valence-corrected chi connectivity index (χ1v) is 7.06. The van der Waals surface area contributed by atoms with Gasteiger partial charge in [-0.1, -0.05) is 11.6 Å². The van der Waals surface area contributed by atoms with Crippen LogP contribution < -0.4 is 9.47 Å². The summed E-state index contributed by atoms with van der Waals surface area (Å²) >= 11 is 9.04. The molecule has 2 rings (SSSR count). The first-order valence-electron chi connectivity index (χ1n) is 5.89. The van der Waals surface area contributed by atoms with E-state index in [0.717, 1.165) is 6.07 Å². The van der Waals surface area contributed by atoms with E-state index in [4.69, 9.17) is 21.1 Å². The van der Waals surface area contributed by atoms with E-state index in [1.54, 1.807) is 12.1 Å². The molecule has 0 aliphatic heterocycles. The molecule has 0 aliphatic carbocycles. The van der Waals surface area contributed by atoms with E-state index in [1.165, 1.54) is 26.4 Å². The summed E-state index contributed by atoms with van der Waals surface area (Å²) in [6.07, 6.45) is 0. The van der Waals surface area contributed by atoms with Crippen LogP contribution in [0.5, 0.6) is 11.5 Å². The summed E-state index contributed by atoms with van der Waals surface area (Å²) in [5.74, 6) is -0.388. The quantitative estimate of drug-likeness (QED) is 0.585. The molecule has 0 heterocycles. The number of carbonyl (C=O) groups excluding carboxylic acids is 1. The van der Waals surface area contributed by atoms with Crippen molar-refractivity contribution >= 4 is 33.3 Å². The molecule has 21 heavy (non-hydrogen) atoms. The minimum atomic E-state index is -0.666. The molecule has 2 aromatic rings. The minimum Gasteiger partial charge on any atom is -0.497 e. The summed E-state index contributed by atoms with van der Waals surface area (Å²) in [4.78, 5) is 12.5. The third-order valence-electron chi connectivity index (χ3n) is 2.91. The first kappa shape index (κ1) is 15.8. The smallest absolute Gasteiger partial charge is 0.199 e. The van der Waals surface area contributed by atoms with Crippen molar-refractivity contribution < 1.29 is 18.7 Å². The Morgan fingerprint density at radius 3 is 2.48 bits per heavy atom. The SMILES string of the molecule is COc1ccc(OC)c(C(=O)c2cc(Cl)c(Br)cc2F)c1. The van der Waals surface area contributed by atoms with Gasteiger partial charge in [-0.25, -0.2) is 4.39 Å². The Morgan fingerprint density at radius 2 is 1.86 bits per heavy atom. The molecule has 0 unspecified atom stereocenters. The van der Waals surface area contributed by atoms with Crippen LogP contribution in [-0.4, -0.2) is 20.0 Å². The fourth-order valence-electron chi connectivity index (χ4n) is 1.83. The second-order valence-electron chi connectivity index (χ2n) is 4.14. The molecule has 110 valence electrons. The molecular weight excluding hydrogens is 363 g/mol. The average molecular weight is 374 g/mol. The fraction of sp³-hybridized carbons (Fsp3) is 0.133. The predicted molar refractivity (Wildman–Crippen MR) is 82.1 cm³/mol. The van der Waals surface area contributed by atoms with E-state index in [1.807, 2.05) is 0 Å². The highest BCUT2D eigenvalue weighted by Crippen LogP contribution is 2.30. The maximum Gasteiger partial charge on any atom is 0.199 e. The summed E-state index contributed by atoms with van der Waals surface area (Å²) in [6, 6.07) is 7.17. The van der Waals surface area contributed by atoms with E-state index in [2.05, 4.69) is 15.9 Å². The molecule has 6 heteroatoms. The number of carbonyl (C=O) groups is 1. The zero-order valence-electron chi connectivity index (χ0n) is 11.2. The topological polar surface area (TPSA) is 35.5 Å². The molecule has 0 N–H and O–H groups in total. The zero-order valence-corrected chi connectivity index (χ0v) is 13.6. The van der Waals surface area contributed by atoms with Crippen molar-refractivity contribution in [2.24, 2.45) is 0 Å². The van der Waals surface area contributed by atoms with Gasteiger partial charge >= 0.3 is 0 Å². The number of benzene rings is 2. The van der Waals surface area contributed by atoms with Gasteiger partial charge in [0.25, 0.3) is 0 Å². The highest BCUT2D eigenvalue weighted by Gasteiger charge is 2.20. The van der Waals surface area contributed by atoms with Gasteiger partial charge in [0.15, 0.2) is 5.78 Å². The highest BCUT2D eigenvalue weighted by molar-refractivity contribution is 9.10. The Balaban J connectivity index is 2.56. The van der Waals surface area contributed by atoms with Crippen LogP contribution in [0.25, 0.3) is 0 Å². The summed E-state index contributed by atoms with van der Waals surface area (Å²) < 4.78 is 24.6. The lowest BCUT2D eigenvalue weighted by atomic mass is 10.0. The molecule has 2 aromatic carbocycles. The molecule has 0 fully saturated rings. The molecule has 0 bridgehead atoms. The van der Waals surface area contributed by atoms with Gasteiger partial charge in [0.05, 0.1) is 30.4 Å². The summed E-state index contributed by atoms with van der Waals surface area (Å²) in [7, 11) is 2.91. The molecule has 3 nitrogen and oxygen atoms in total. The van der Waals surface area contributed by atoms with Gasteiger partial charge in [0.1, 0.15) is 17.3 Å². The number of hydrogen-bond donors (Lipinski definition) is 0. The number of methoxy groups -OCH3 is 2. The molecule has 0 saturated heterocycles. The molecule has 0 amide bonds. The Labute approximate surface area is 134 Å². The summed E-state index contributed by atoms with van der Waals surface area (Å²) in [5, 5.41) is 0.251. The maximum atomic E-state index is 14.0.